The molecule has 2 aliphatic rings. The van der Waals surface area contributed by atoms with Gasteiger partial charge < -0.3 is 24.0 Å². The van der Waals surface area contributed by atoms with Crippen molar-refractivity contribution >= 4 is 17.0 Å². The number of nitrogens with zero attached hydrogens (tertiary/aromatic N) is 7. The quantitative estimate of drug-likeness (QED) is 0.496. The van der Waals surface area contributed by atoms with Gasteiger partial charge in [0.15, 0.2) is 17.0 Å². The summed E-state index contributed by atoms with van der Waals surface area (Å²) in [5.41, 5.74) is 3.40. The smallest absolute Gasteiger partial charge is 0.254 e. The zero-order valence-electron chi connectivity index (χ0n) is 18.4. The van der Waals surface area contributed by atoms with Gasteiger partial charge in [0.05, 0.1) is 32.5 Å². The first kappa shape index (κ1) is 20.1. The number of methoxy groups -OCH3 is 1. The van der Waals surface area contributed by atoms with Crippen molar-refractivity contribution in [1.82, 2.24) is 29.3 Å². The molecule has 5 heterocycles. The Morgan fingerprint density at radius 3 is 2.67 bits per heavy atom. The van der Waals surface area contributed by atoms with Gasteiger partial charge >= 0.3 is 0 Å². The Kier molecular flexibility index (Phi) is 4.96. The van der Waals surface area contributed by atoms with Crippen molar-refractivity contribution in [1.29, 1.82) is 0 Å². The molecule has 10 heteroatoms. The van der Waals surface area contributed by atoms with E-state index in [4.69, 9.17) is 24.4 Å². The molecular formula is C23H25N7O3. The average Bonchev–Trinajstić information content (AvgIpc) is 3.58. The molecule has 170 valence electrons. The fourth-order valence-corrected chi connectivity index (χ4v) is 4.64. The van der Waals surface area contributed by atoms with E-state index >= 15 is 0 Å². The molecular weight excluding hydrogens is 422 g/mol. The first-order chi connectivity index (χ1) is 16.3. The van der Waals surface area contributed by atoms with Crippen molar-refractivity contribution in [3.8, 4) is 23.0 Å². The van der Waals surface area contributed by atoms with Crippen LogP contribution in [0.2, 0.25) is 0 Å². The fraction of sp³-hybridized carbons (Fsp3) is 0.391. The molecule has 4 aromatic rings. The van der Waals surface area contributed by atoms with Crippen molar-refractivity contribution in [2.75, 3.05) is 44.9 Å². The van der Waals surface area contributed by atoms with Gasteiger partial charge in [0, 0.05) is 31.7 Å². The Hall–Kier alpha value is -3.50. The van der Waals surface area contributed by atoms with E-state index in [-0.39, 0.29) is 12.5 Å². The maximum absolute atomic E-state index is 9.81. The van der Waals surface area contributed by atoms with Crippen LogP contribution in [0.3, 0.4) is 0 Å². The summed E-state index contributed by atoms with van der Waals surface area (Å²) in [6.45, 7) is 3.59. The topological polar surface area (TPSA) is 103 Å². The second-order valence-corrected chi connectivity index (χ2v) is 8.27. The number of aliphatic hydroxyl groups excluding tert-OH is 1. The summed E-state index contributed by atoms with van der Waals surface area (Å²) in [5, 5.41) is 14.4. The van der Waals surface area contributed by atoms with Crippen LogP contribution < -0.4 is 9.64 Å². The molecule has 1 aromatic carbocycles. The van der Waals surface area contributed by atoms with Gasteiger partial charge in [0.25, 0.3) is 5.95 Å². The van der Waals surface area contributed by atoms with Crippen LogP contribution in [-0.4, -0.2) is 74.4 Å². The van der Waals surface area contributed by atoms with E-state index in [1.807, 2.05) is 36.5 Å². The Morgan fingerprint density at radius 2 is 1.91 bits per heavy atom. The predicted molar refractivity (Wildman–Crippen MR) is 122 cm³/mol. The highest BCUT2D eigenvalue weighted by atomic mass is 16.5. The number of aryl methyl sites for hydroxylation is 1. The van der Waals surface area contributed by atoms with Gasteiger partial charge in [-0.2, -0.15) is 9.97 Å². The van der Waals surface area contributed by atoms with E-state index in [1.54, 1.807) is 11.8 Å². The molecule has 0 aliphatic carbocycles. The molecule has 1 saturated heterocycles. The third-order valence-electron chi connectivity index (χ3n) is 6.35. The largest absolute Gasteiger partial charge is 0.479 e. The minimum absolute atomic E-state index is 0.0228. The van der Waals surface area contributed by atoms with Gasteiger partial charge in [-0.1, -0.05) is 30.3 Å². The average molecular weight is 447 g/mol. The van der Waals surface area contributed by atoms with E-state index < -0.39 is 0 Å². The van der Waals surface area contributed by atoms with Gasteiger partial charge in [-0.15, -0.1) is 5.10 Å². The number of fused-ring (bicyclic) bond motifs is 3. The normalized spacial score (nSPS) is 18.1. The standard InChI is InChI=1S/C23H25N7O3/c1-32-22-17(15-5-3-2-4-6-15)13-30(27-22)23-25-20(28-9-11-33-12-10-28)18-21(26-23)29-8-7-16(14-31)19(29)24-18/h2-6,13,16,31H,7-12,14H2,1H3. The van der Waals surface area contributed by atoms with Crippen molar-refractivity contribution in [2.45, 2.75) is 18.9 Å². The number of rotatable bonds is 5. The third-order valence-corrected chi connectivity index (χ3v) is 6.35. The van der Waals surface area contributed by atoms with Crippen molar-refractivity contribution in [2.24, 2.45) is 0 Å². The lowest BCUT2D eigenvalue weighted by atomic mass is 10.1. The molecule has 6 rings (SSSR count). The molecule has 0 radical (unpaired) electrons. The van der Waals surface area contributed by atoms with Crippen LogP contribution in [0, 0.1) is 0 Å². The predicted octanol–water partition coefficient (Wildman–Crippen LogP) is 2.00. The summed E-state index contributed by atoms with van der Waals surface area (Å²) in [6.07, 6.45) is 2.75. The number of anilines is 1. The SMILES string of the molecule is COc1nn(-c2nc(N3CCOCC3)c3nc4n(c3n2)CCC4CO)cc1-c1ccccc1. The number of hydrogen-bond acceptors (Lipinski definition) is 8. The first-order valence-corrected chi connectivity index (χ1v) is 11.2. The van der Waals surface area contributed by atoms with Gasteiger partial charge in [-0.05, 0) is 12.0 Å². The zero-order valence-corrected chi connectivity index (χ0v) is 18.4. The van der Waals surface area contributed by atoms with Crippen LogP contribution in [0.25, 0.3) is 28.2 Å². The lowest BCUT2D eigenvalue weighted by Gasteiger charge is -2.28. The van der Waals surface area contributed by atoms with Crippen LogP contribution in [-0.2, 0) is 11.3 Å². The molecule has 0 spiro atoms. The second kappa shape index (κ2) is 8.13. The lowest BCUT2D eigenvalue weighted by Crippen LogP contribution is -2.37. The highest BCUT2D eigenvalue weighted by molar-refractivity contribution is 5.85. The molecule has 0 bridgehead atoms. The molecule has 10 nitrogen and oxygen atoms in total. The van der Waals surface area contributed by atoms with Gasteiger partial charge in [-0.3, -0.25) is 0 Å². The number of aromatic nitrogens is 6. The molecule has 33 heavy (non-hydrogen) atoms. The molecule has 1 fully saturated rings. The monoisotopic (exact) mass is 447 g/mol. The number of imidazole rings is 1. The minimum Gasteiger partial charge on any atom is -0.479 e. The maximum Gasteiger partial charge on any atom is 0.254 e. The van der Waals surface area contributed by atoms with Crippen LogP contribution in [0.4, 0.5) is 5.82 Å². The van der Waals surface area contributed by atoms with E-state index in [0.717, 1.165) is 60.0 Å². The molecule has 0 saturated carbocycles. The summed E-state index contributed by atoms with van der Waals surface area (Å²) in [7, 11) is 1.61. The van der Waals surface area contributed by atoms with Gasteiger partial charge in [0.1, 0.15) is 5.82 Å². The van der Waals surface area contributed by atoms with Gasteiger partial charge in [0.2, 0.25) is 5.88 Å². The van der Waals surface area contributed by atoms with E-state index in [2.05, 4.69) is 14.6 Å². The summed E-state index contributed by atoms with van der Waals surface area (Å²) < 4.78 is 14.9. The van der Waals surface area contributed by atoms with Crippen LogP contribution in [0.5, 0.6) is 5.88 Å². The molecule has 1 unspecified atom stereocenters. The molecule has 1 N–H and O–H groups in total. The second-order valence-electron chi connectivity index (χ2n) is 8.27. The Labute approximate surface area is 190 Å². The Bertz CT molecular complexity index is 1290. The van der Waals surface area contributed by atoms with Crippen molar-refractivity contribution < 1.29 is 14.6 Å². The number of ether oxygens (including phenoxy) is 2. The molecule has 2 aliphatic heterocycles. The summed E-state index contributed by atoms with van der Waals surface area (Å²) in [4.78, 5) is 16.9. The number of benzene rings is 1. The number of morpholine rings is 1. The van der Waals surface area contributed by atoms with Crippen molar-refractivity contribution in [3.63, 3.8) is 0 Å². The molecule has 1 atom stereocenters. The van der Waals surface area contributed by atoms with Gasteiger partial charge in [-0.25, -0.2) is 9.67 Å². The summed E-state index contributed by atoms with van der Waals surface area (Å²) in [6, 6.07) is 9.99. The fourth-order valence-electron chi connectivity index (χ4n) is 4.64. The lowest BCUT2D eigenvalue weighted by molar-refractivity contribution is 0.122. The summed E-state index contributed by atoms with van der Waals surface area (Å²) >= 11 is 0. The minimum atomic E-state index is 0.0228. The Morgan fingerprint density at radius 1 is 1.09 bits per heavy atom. The first-order valence-electron chi connectivity index (χ1n) is 11.2. The number of hydrogen-bond donors (Lipinski definition) is 1. The maximum atomic E-state index is 9.81. The summed E-state index contributed by atoms with van der Waals surface area (Å²) in [5.74, 6) is 2.63. The van der Waals surface area contributed by atoms with E-state index in [0.29, 0.717) is 25.0 Å². The molecule has 0 amide bonds. The third kappa shape index (κ3) is 3.33. The number of aliphatic hydroxyl groups is 1. The van der Waals surface area contributed by atoms with Crippen LogP contribution in [0.15, 0.2) is 36.5 Å². The Balaban J connectivity index is 1.53. The molecule has 3 aromatic heterocycles. The van der Waals surface area contributed by atoms with Crippen molar-refractivity contribution in [3.05, 3.63) is 42.4 Å². The van der Waals surface area contributed by atoms with E-state index in [1.165, 1.54) is 0 Å². The van der Waals surface area contributed by atoms with E-state index in [9.17, 15) is 5.11 Å². The van der Waals surface area contributed by atoms with Crippen LogP contribution in [0.1, 0.15) is 18.2 Å². The zero-order chi connectivity index (χ0) is 22.4. The van der Waals surface area contributed by atoms with Crippen LogP contribution >= 0.6 is 0 Å². The highest BCUT2D eigenvalue weighted by Crippen LogP contribution is 2.35. The highest BCUT2D eigenvalue weighted by Gasteiger charge is 2.30.